The van der Waals surface area contributed by atoms with Gasteiger partial charge in [0, 0.05) is 37.8 Å². The summed E-state index contributed by atoms with van der Waals surface area (Å²) in [6.45, 7) is 1.44. The average Bonchev–Trinajstić information content (AvgIpc) is 3.07. The molecule has 0 spiro atoms. The molecule has 1 aliphatic carbocycles. The smallest absolute Gasteiger partial charge is 0.329 e. The van der Waals surface area contributed by atoms with E-state index in [-0.39, 0.29) is 11.6 Å². The number of rotatable bonds is 3. The van der Waals surface area contributed by atoms with Crippen LogP contribution in [0.1, 0.15) is 30.5 Å². The molecule has 0 aromatic carbocycles. The second kappa shape index (κ2) is 6.47. The van der Waals surface area contributed by atoms with Crippen molar-refractivity contribution in [2.45, 2.75) is 38.1 Å². The summed E-state index contributed by atoms with van der Waals surface area (Å²) in [4.78, 5) is 37.2. The highest BCUT2D eigenvalue weighted by molar-refractivity contribution is 5.52. The van der Waals surface area contributed by atoms with Gasteiger partial charge in [0.15, 0.2) is 0 Å². The van der Waals surface area contributed by atoms with Crippen LogP contribution in [0, 0.1) is 0 Å². The van der Waals surface area contributed by atoms with Gasteiger partial charge in [0.25, 0.3) is 5.56 Å². The maximum Gasteiger partial charge on any atom is 0.329 e. The predicted molar refractivity (Wildman–Crippen MR) is 99.6 cm³/mol. The normalized spacial score (nSPS) is 19.4. The van der Waals surface area contributed by atoms with Gasteiger partial charge < -0.3 is 16.0 Å². The predicted octanol–water partition coefficient (Wildman–Crippen LogP) is 0.0154. The van der Waals surface area contributed by atoms with Crippen molar-refractivity contribution in [1.29, 1.82) is 0 Å². The first-order chi connectivity index (χ1) is 12.5. The fraction of sp³-hybridized carbons (Fsp3) is 0.529. The third-order valence-corrected chi connectivity index (χ3v) is 5.20. The Morgan fingerprint density at radius 1 is 1.27 bits per heavy atom. The number of nitrogens with two attached hydrogens (primary N) is 1. The number of hydrogen-bond acceptors (Lipinski definition) is 7. The van der Waals surface area contributed by atoms with Gasteiger partial charge in [-0.2, -0.15) is 4.98 Å². The molecule has 3 heterocycles. The van der Waals surface area contributed by atoms with E-state index in [0.29, 0.717) is 18.3 Å². The van der Waals surface area contributed by atoms with E-state index in [9.17, 15) is 9.59 Å². The molecule has 9 heteroatoms. The highest BCUT2D eigenvalue weighted by Gasteiger charge is 2.26. The third kappa shape index (κ3) is 3.04. The molecule has 0 amide bonds. The molecular formula is C17H23N7O2. The van der Waals surface area contributed by atoms with Crippen molar-refractivity contribution >= 4 is 17.6 Å². The summed E-state index contributed by atoms with van der Waals surface area (Å²) < 4.78 is 1.06. The Bertz CT molecular complexity index is 918. The fourth-order valence-electron chi connectivity index (χ4n) is 3.74. The molecule has 9 nitrogen and oxygen atoms in total. The number of H-pyrrole nitrogens is 1. The molecule has 2 aliphatic rings. The lowest BCUT2D eigenvalue weighted by molar-refractivity contribution is 0.662. The second-order valence-electron chi connectivity index (χ2n) is 7.00. The Kier molecular flexibility index (Phi) is 4.14. The number of aryl methyl sites for hydroxylation is 1. The number of nitrogens with zero attached hydrogens (tertiary/aromatic N) is 4. The van der Waals surface area contributed by atoms with Crippen LogP contribution < -0.4 is 27.2 Å². The standard InChI is InChI=1S/C17H23N7O2/c1-23-14(25)8-13(21-17(23)26)24-7-6-10(9-24)19-15-11-4-2-3-5-12(11)20-16(18)22-15/h8,10H,2-7,9H2,1H3,(H,21,26)(H3,18,19,20,22)/t10-/m0/s1. The topological polar surface area (TPSA) is 122 Å². The molecule has 0 radical (unpaired) electrons. The summed E-state index contributed by atoms with van der Waals surface area (Å²) in [5, 5.41) is 3.50. The van der Waals surface area contributed by atoms with E-state index in [1.807, 2.05) is 4.90 Å². The zero-order valence-corrected chi connectivity index (χ0v) is 14.8. The van der Waals surface area contributed by atoms with Crippen LogP contribution in [0.15, 0.2) is 15.7 Å². The molecule has 4 N–H and O–H groups in total. The van der Waals surface area contributed by atoms with Crippen molar-refractivity contribution in [3.63, 3.8) is 0 Å². The Morgan fingerprint density at radius 3 is 2.88 bits per heavy atom. The first-order valence-corrected chi connectivity index (χ1v) is 8.98. The average molecular weight is 357 g/mol. The van der Waals surface area contributed by atoms with Crippen LogP contribution in [0.2, 0.25) is 0 Å². The van der Waals surface area contributed by atoms with E-state index >= 15 is 0 Å². The van der Waals surface area contributed by atoms with Crippen molar-refractivity contribution in [2.75, 3.05) is 29.0 Å². The number of fused-ring (bicyclic) bond motifs is 1. The first kappa shape index (κ1) is 16.6. The van der Waals surface area contributed by atoms with E-state index < -0.39 is 5.69 Å². The lowest BCUT2D eigenvalue weighted by Gasteiger charge is -2.22. The molecule has 2 aromatic heterocycles. The van der Waals surface area contributed by atoms with Crippen molar-refractivity contribution in [2.24, 2.45) is 7.05 Å². The third-order valence-electron chi connectivity index (χ3n) is 5.20. The summed E-state index contributed by atoms with van der Waals surface area (Å²) in [5.74, 6) is 1.70. The Balaban J connectivity index is 1.53. The first-order valence-electron chi connectivity index (χ1n) is 8.98. The molecule has 0 unspecified atom stereocenters. The molecule has 2 aromatic rings. The van der Waals surface area contributed by atoms with Crippen LogP contribution in [-0.2, 0) is 19.9 Å². The highest BCUT2D eigenvalue weighted by atomic mass is 16.2. The van der Waals surface area contributed by atoms with Gasteiger partial charge in [-0.3, -0.25) is 14.3 Å². The fourth-order valence-corrected chi connectivity index (χ4v) is 3.74. The molecule has 1 atom stereocenters. The molecule has 1 saturated heterocycles. The van der Waals surface area contributed by atoms with Crippen LogP contribution >= 0.6 is 0 Å². The van der Waals surface area contributed by atoms with Crippen LogP contribution in [0.3, 0.4) is 0 Å². The van der Waals surface area contributed by atoms with Crippen molar-refractivity contribution in [3.05, 3.63) is 38.2 Å². The largest absolute Gasteiger partial charge is 0.368 e. The molecule has 26 heavy (non-hydrogen) atoms. The van der Waals surface area contributed by atoms with Gasteiger partial charge in [0.1, 0.15) is 11.6 Å². The second-order valence-corrected chi connectivity index (χ2v) is 7.00. The monoisotopic (exact) mass is 357 g/mol. The number of aromatic nitrogens is 4. The minimum absolute atomic E-state index is 0.169. The summed E-state index contributed by atoms with van der Waals surface area (Å²) in [6.07, 6.45) is 5.07. The van der Waals surface area contributed by atoms with Gasteiger partial charge in [-0.15, -0.1) is 0 Å². The van der Waals surface area contributed by atoms with Crippen LogP contribution in [-0.4, -0.2) is 38.7 Å². The lowest BCUT2D eigenvalue weighted by Crippen LogP contribution is -2.36. The molecule has 1 aliphatic heterocycles. The quantitative estimate of drug-likeness (QED) is 0.707. The number of nitrogens with one attached hydrogen (secondary N) is 2. The SMILES string of the molecule is Cn1c(=O)cc(N2CC[C@H](Nc3nc(N)nc4c3CCCC4)C2)[nH]c1=O. The Morgan fingerprint density at radius 2 is 2.08 bits per heavy atom. The van der Waals surface area contributed by atoms with Gasteiger partial charge in [-0.1, -0.05) is 0 Å². The van der Waals surface area contributed by atoms with E-state index in [1.165, 1.54) is 18.7 Å². The van der Waals surface area contributed by atoms with Gasteiger partial charge in [-0.05, 0) is 32.1 Å². The zero-order valence-electron chi connectivity index (χ0n) is 14.8. The van der Waals surface area contributed by atoms with E-state index in [0.717, 1.165) is 54.7 Å². The minimum Gasteiger partial charge on any atom is -0.368 e. The maximum absolute atomic E-state index is 11.9. The van der Waals surface area contributed by atoms with Gasteiger partial charge in [0.05, 0.1) is 5.69 Å². The summed E-state index contributed by atoms with van der Waals surface area (Å²) >= 11 is 0. The van der Waals surface area contributed by atoms with E-state index in [1.54, 1.807) is 0 Å². The molecule has 138 valence electrons. The summed E-state index contributed by atoms with van der Waals surface area (Å²) in [6, 6.07) is 1.64. The highest BCUT2D eigenvalue weighted by Crippen LogP contribution is 2.28. The molecular weight excluding hydrogens is 334 g/mol. The number of hydrogen-bond donors (Lipinski definition) is 3. The maximum atomic E-state index is 11.9. The van der Waals surface area contributed by atoms with Crippen molar-refractivity contribution in [1.82, 2.24) is 19.5 Å². The Labute approximate surface area is 150 Å². The van der Waals surface area contributed by atoms with E-state index in [2.05, 4.69) is 20.3 Å². The van der Waals surface area contributed by atoms with Crippen molar-refractivity contribution < 1.29 is 0 Å². The van der Waals surface area contributed by atoms with Crippen LogP contribution in [0.5, 0.6) is 0 Å². The molecule has 0 bridgehead atoms. The number of nitrogen functional groups attached to an aromatic ring is 1. The number of anilines is 3. The lowest BCUT2D eigenvalue weighted by atomic mass is 9.96. The summed E-state index contributed by atoms with van der Waals surface area (Å²) in [5.41, 5.74) is 7.39. The van der Waals surface area contributed by atoms with Crippen molar-refractivity contribution in [3.8, 4) is 0 Å². The minimum atomic E-state index is -0.401. The van der Waals surface area contributed by atoms with Gasteiger partial charge in [0.2, 0.25) is 5.95 Å². The number of aromatic amines is 1. The molecule has 1 fully saturated rings. The van der Waals surface area contributed by atoms with Crippen LogP contribution in [0.4, 0.5) is 17.6 Å². The molecule has 0 saturated carbocycles. The molecule has 4 rings (SSSR count). The van der Waals surface area contributed by atoms with Gasteiger partial charge in [-0.25, -0.2) is 9.78 Å². The Hall–Kier alpha value is -2.84. The van der Waals surface area contributed by atoms with Gasteiger partial charge >= 0.3 is 5.69 Å². The summed E-state index contributed by atoms with van der Waals surface area (Å²) in [7, 11) is 1.46. The van der Waals surface area contributed by atoms with E-state index in [4.69, 9.17) is 5.73 Å². The van der Waals surface area contributed by atoms with Crippen LogP contribution in [0.25, 0.3) is 0 Å². The zero-order chi connectivity index (χ0) is 18.3.